The highest BCUT2D eigenvalue weighted by atomic mass is 79.9. The summed E-state index contributed by atoms with van der Waals surface area (Å²) in [6.45, 7) is 2.60. The molecule has 0 atom stereocenters. The fourth-order valence-corrected chi connectivity index (χ4v) is 2.48. The molecular weight excluding hydrogens is 320 g/mol. The number of benzene rings is 1. The zero-order valence-electron chi connectivity index (χ0n) is 11.0. The molecule has 1 aromatic carbocycles. The second kappa shape index (κ2) is 5.25. The number of amides is 1. The largest absolute Gasteiger partial charge is 0.480 e. The van der Waals surface area contributed by atoms with Gasteiger partial charge in [-0.25, -0.2) is 4.98 Å². The number of hydrogen-bond donors (Lipinski definition) is 0. The summed E-state index contributed by atoms with van der Waals surface area (Å²) in [5.41, 5.74) is 2.26. The molecule has 0 aliphatic carbocycles. The van der Waals surface area contributed by atoms with Crippen LogP contribution in [-0.2, 0) is 11.3 Å². The lowest BCUT2D eigenvalue weighted by Crippen LogP contribution is -2.39. The van der Waals surface area contributed by atoms with Crippen molar-refractivity contribution in [2.24, 2.45) is 0 Å². The third-order valence-corrected chi connectivity index (χ3v) is 3.74. The highest BCUT2D eigenvalue weighted by Crippen LogP contribution is 2.32. The molecule has 0 fully saturated rings. The van der Waals surface area contributed by atoms with Gasteiger partial charge in [0.1, 0.15) is 4.60 Å². The van der Waals surface area contributed by atoms with Crippen LogP contribution in [-0.4, -0.2) is 17.5 Å². The Kier molecular flexibility index (Phi) is 3.44. The average Bonchev–Trinajstić information content (AvgIpc) is 2.44. The minimum absolute atomic E-state index is 0.0577. The number of carbonyl (C=O) groups excluding carboxylic acids is 1. The first kappa shape index (κ1) is 13.1. The molecular formula is C15H13BrN2O2. The van der Waals surface area contributed by atoms with Gasteiger partial charge in [0.25, 0.3) is 5.91 Å². The molecule has 0 unspecified atom stereocenters. The first-order valence-corrected chi connectivity index (χ1v) is 7.08. The quantitative estimate of drug-likeness (QED) is 0.793. The van der Waals surface area contributed by atoms with E-state index in [1.807, 2.05) is 37.3 Å². The van der Waals surface area contributed by atoms with E-state index in [9.17, 15) is 4.79 Å². The van der Waals surface area contributed by atoms with Gasteiger partial charge in [-0.3, -0.25) is 9.69 Å². The van der Waals surface area contributed by atoms with Gasteiger partial charge in [0, 0.05) is 0 Å². The lowest BCUT2D eigenvalue weighted by Gasteiger charge is -2.28. The highest BCUT2D eigenvalue weighted by molar-refractivity contribution is 9.10. The third-order valence-electron chi connectivity index (χ3n) is 3.30. The molecule has 2 heterocycles. The van der Waals surface area contributed by atoms with Crippen molar-refractivity contribution < 1.29 is 9.53 Å². The Morgan fingerprint density at radius 3 is 2.90 bits per heavy atom. The first-order chi connectivity index (χ1) is 9.65. The monoisotopic (exact) mass is 332 g/mol. The summed E-state index contributed by atoms with van der Waals surface area (Å²) in [4.78, 5) is 18.2. The molecule has 5 heteroatoms. The van der Waals surface area contributed by atoms with Gasteiger partial charge in [-0.15, -0.1) is 0 Å². The topological polar surface area (TPSA) is 42.4 Å². The summed E-state index contributed by atoms with van der Waals surface area (Å²) in [6, 6.07) is 11.7. The summed E-state index contributed by atoms with van der Waals surface area (Å²) >= 11 is 3.33. The van der Waals surface area contributed by atoms with Crippen LogP contribution in [0.4, 0.5) is 5.82 Å². The molecule has 0 saturated heterocycles. The normalized spacial score (nSPS) is 13.9. The number of hydrogen-bond acceptors (Lipinski definition) is 3. The van der Waals surface area contributed by atoms with Crippen molar-refractivity contribution in [1.82, 2.24) is 4.98 Å². The summed E-state index contributed by atoms with van der Waals surface area (Å²) in [5, 5.41) is 0. The second-order valence-electron chi connectivity index (χ2n) is 4.65. The molecule has 1 aliphatic rings. The van der Waals surface area contributed by atoms with E-state index in [0.29, 0.717) is 22.7 Å². The summed E-state index contributed by atoms with van der Waals surface area (Å²) in [6.07, 6.45) is 0. The highest BCUT2D eigenvalue weighted by Gasteiger charge is 2.27. The number of fused-ring (bicyclic) bond motifs is 1. The number of pyridine rings is 1. The predicted octanol–water partition coefficient (Wildman–Crippen LogP) is 3.08. The van der Waals surface area contributed by atoms with Crippen molar-refractivity contribution >= 4 is 27.7 Å². The van der Waals surface area contributed by atoms with Crippen molar-refractivity contribution in [2.45, 2.75) is 13.5 Å². The molecule has 4 nitrogen and oxygen atoms in total. The number of rotatable bonds is 2. The van der Waals surface area contributed by atoms with Gasteiger partial charge in [-0.1, -0.05) is 24.3 Å². The van der Waals surface area contributed by atoms with E-state index < -0.39 is 0 Å². The Bertz CT molecular complexity index is 673. The number of ether oxygens (including phenoxy) is 1. The molecule has 0 N–H and O–H groups in total. The number of aryl methyl sites for hydroxylation is 1. The first-order valence-electron chi connectivity index (χ1n) is 6.29. The standard InChI is InChI=1S/C15H13BrN2O2/c1-10-4-2-3-5-11(10)8-18-14(19)9-20-12-6-7-13(16)17-15(12)18/h2-7H,8-9H2,1H3. The Morgan fingerprint density at radius 2 is 2.10 bits per heavy atom. The lowest BCUT2D eigenvalue weighted by atomic mass is 10.1. The van der Waals surface area contributed by atoms with Crippen LogP contribution in [0.1, 0.15) is 11.1 Å². The van der Waals surface area contributed by atoms with E-state index in [1.54, 1.807) is 11.0 Å². The van der Waals surface area contributed by atoms with Crippen LogP contribution >= 0.6 is 15.9 Å². The number of anilines is 1. The molecule has 1 amide bonds. The Morgan fingerprint density at radius 1 is 1.30 bits per heavy atom. The van der Waals surface area contributed by atoms with Crippen LogP contribution in [0.15, 0.2) is 41.0 Å². The molecule has 2 aromatic rings. The van der Waals surface area contributed by atoms with Gasteiger partial charge >= 0.3 is 0 Å². The van der Waals surface area contributed by atoms with E-state index in [-0.39, 0.29) is 12.5 Å². The molecule has 0 bridgehead atoms. The van der Waals surface area contributed by atoms with Gasteiger partial charge in [0.05, 0.1) is 6.54 Å². The summed E-state index contributed by atoms with van der Waals surface area (Å²) in [5.74, 6) is 1.13. The third kappa shape index (κ3) is 2.41. The molecule has 0 saturated carbocycles. The van der Waals surface area contributed by atoms with Crippen LogP contribution in [0.3, 0.4) is 0 Å². The molecule has 102 valence electrons. The van der Waals surface area contributed by atoms with Gasteiger partial charge in [0.2, 0.25) is 0 Å². The smallest absolute Gasteiger partial charge is 0.266 e. The molecule has 1 aromatic heterocycles. The molecule has 0 radical (unpaired) electrons. The van der Waals surface area contributed by atoms with Crippen LogP contribution in [0, 0.1) is 6.92 Å². The van der Waals surface area contributed by atoms with Crippen molar-refractivity contribution in [3.8, 4) is 5.75 Å². The average molecular weight is 333 g/mol. The van der Waals surface area contributed by atoms with E-state index >= 15 is 0 Å². The zero-order valence-corrected chi connectivity index (χ0v) is 12.6. The maximum absolute atomic E-state index is 12.1. The number of nitrogens with zero attached hydrogens (tertiary/aromatic N) is 2. The van der Waals surface area contributed by atoms with Crippen LogP contribution in [0.5, 0.6) is 5.75 Å². The van der Waals surface area contributed by atoms with Gasteiger partial charge in [0.15, 0.2) is 18.2 Å². The predicted molar refractivity (Wildman–Crippen MR) is 79.8 cm³/mol. The van der Waals surface area contributed by atoms with E-state index in [0.717, 1.165) is 11.1 Å². The Balaban J connectivity index is 1.99. The Labute approximate surface area is 125 Å². The lowest BCUT2D eigenvalue weighted by molar-refractivity contribution is -0.121. The van der Waals surface area contributed by atoms with Crippen molar-refractivity contribution in [2.75, 3.05) is 11.5 Å². The maximum atomic E-state index is 12.1. The summed E-state index contributed by atoms with van der Waals surface area (Å²) < 4.78 is 6.10. The molecule has 0 spiro atoms. The van der Waals surface area contributed by atoms with Crippen molar-refractivity contribution in [3.63, 3.8) is 0 Å². The van der Waals surface area contributed by atoms with E-state index in [2.05, 4.69) is 20.9 Å². The fourth-order valence-electron chi connectivity index (χ4n) is 2.17. The van der Waals surface area contributed by atoms with Crippen molar-refractivity contribution in [1.29, 1.82) is 0 Å². The number of aromatic nitrogens is 1. The van der Waals surface area contributed by atoms with Crippen LogP contribution in [0.2, 0.25) is 0 Å². The minimum atomic E-state index is -0.0775. The van der Waals surface area contributed by atoms with E-state index in [1.165, 1.54) is 0 Å². The van der Waals surface area contributed by atoms with Crippen LogP contribution in [0.25, 0.3) is 0 Å². The molecule has 1 aliphatic heterocycles. The van der Waals surface area contributed by atoms with Gasteiger partial charge < -0.3 is 4.74 Å². The van der Waals surface area contributed by atoms with E-state index in [4.69, 9.17) is 4.74 Å². The summed E-state index contributed by atoms with van der Waals surface area (Å²) in [7, 11) is 0. The number of halogens is 1. The van der Waals surface area contributed by atoms with Crippen molar-refractivity contribution in [3.05, 3.63) is 52.1 Å². The fraction of sp³-hybridized carbons (Fsp3) is 0.200. The second-order valence-corrected chi connectivity index (χ2v) is 5.46. The number of carbonyl (C=O) groups is 1. The zero-order chi connectivity index (χ0) is 14.1. The van der Waals surface area contributed by atoms with Gasteiger partial charge in [-0.2, -0.15) is 0 Å². The molecule has 20 heavy (non-hydrogen) atoms. The van der Waals surface area contributed by atoms with Crippen LogP contribution < -0.4 is 9.64 Å². The SMILES string of the molecule is Cc1ccccc1CN1C(=O)COc2ccc(Br)nc21. The minimum Gasteiger partial charge on any atom is -0.480 e. The Hall–Kier alpha value is -1.88. The maximum Gasteiger partial charge on any atom is 0.266 e. The molecule has 3 rings (SSSR count). The van der Waals surface area contributed by atoms with Gasteiger partial charge in [-0.05, 0) is 46.1 Å².